The summed E-state index contributed by atoms with van der Waals surface area (Å²) in [5.74, 6) is -1.15. The molecule has 0 atom stereocenters. The molecular formula is C18H16FN3O3S. The second-order valence-electron chi connectivity index (χ2n) is 5.56. The molecule has 3 amide bonds. The van der Waals surface area contributed by atoms with Crippen molar-refractivity contribution in [3.05, 3.63) is 59.9 Å². The molecule has 1 heterocycles. The van der Waals surface area contributed by atoms with Crippen LogP contribution in [0.2, 0.25) is 0 Å². The second kappa shape index (κ2) is 8.01. The second-order valence-corrected chi connectivity index (χ2v) is 6.58. The molecule has 26 heavy (non-hydrogen) atoms. The highest BCUT2D eigenvalue weighted by Gasteiger charge is 2.24. The lowest BCUT2D eigenvalue weighted by Crippen LogP contribution is -2.44. The Morgan fingerprint density at radius 2 is 1.81 bits per heavy atom. The summed E-state index contributed by atoms with van der Waals surface area (Å²) in [5, 5.41) is 0. The number of nitrogens with zero attached hydrogens (tertiary/aromatic N) is 1. The Balaban J connectivity index is 1.52. The van der Waals surface area contributed by atoms with Crippen LogP contribution in [-0.4, -0.2) is 30.0 Å². The Morgan fingerprint density at radius 3 is 2.58 bits per heavy atom. The van der Waals surface area contributed by atoms with E-state index in [0.29, 0.717) is 5.75 Å². The van der Waals surface area contributed by atoms with E-state index in [-0.39, 0.29) is 24.4 Å². The minimum atomic E-state index is -0.547. The van der Waals surface area contributed by atoms with Crippen LogP contribution in [0.4, 0.5) is 10.1 Å². The number of hydrazine groups is 1. The Bertz CT molecular complexity index is 842. The lowest BCUT2D eigenvalue weighted by molar-refractivity contribution is -0.121. The number of hydrogen-bond acceptors (Lipinski definition) is 4. The van der Waals surface area contributed by atoms with Gasteiger partial charge in [-0.05, 0) is 36.4 Å². The van der Waals surface area contributed by atoms with Gasteiger partial charge in [-0.2, -0.15) is 0 Å². The molecule has 2 aromatic rings. The first-order valence-corrected chi connectivity index (χ1v) is 8.90. The summed E-state index contributed by atoms with van der Waals surface area (Å²) in [5.41, 5.74) is 5.58. The summed E-state index contributed by atoms with van der Waals surface area (Å²) >= 11 is 1.47. The number of anilines is 1. The van der Waals surface area contributed by atoms with Crippen LogP contribution in [0.1, 0.15) is 16.8 Å². The number of carbonyl (C=O) groups excluding carboxylic acids is 3. The molecule has 8 heteroatoms. The lowest BCUT2D eigenvalue weighted by Gasteiger charge is -2.28. The van der Waals surface area contributed by atoms with Gasteiger partial charge < -0.3 is 4.90 Å². The number of amides is 3. The third kappa shape index (κ3) is 4.20. The van der Waals surface area contributed by atoms with Crippen molar-refractivity contribution in [3.63, 3.8) is 0 Å². The molecule has 0 unspecified atom stereocenters. The standard InChI is InChI=1S/C18H16FN3O3S/c19-13-7-5-12(6-8-13)18(25)21-20-16(23)9-10-22-14-3-1-2-4-15(14)26-11-17(22)24/h1-8H,9-11H2,(H,20,23)(H,21,25). The molecule has 6 nitrogen and oxygen atoms in total. The van der Waals surface area contributed by atoms with E-state index in [0.717, 1.165) is 22.7 Å². The normalized spacial score (nSPS) is 13.1. The molecule has 0 radical (unpaired) electrons. The summed E-state index contributed by atoms with van der Waals surface area (Å²) in [4.78, 5) is 38.5. The summed E-state index contributed by atoms with van der Waals surface area (Å²) < 4.78 is 12.8. The minimum absolute atomic E-state index is 0.0361. The van der Waals surface area contributed by atoms with Gasteiger partial charge in [0.2, 0.25) is 11.8 Å². The molecule has 1 aliphatic heterocycles. The summed E-state index contributed by atoms with van der Waals surface area (Å²) in [6, 6.07) is 12.5. The maximum absolute atomic E-state index is 12.8. The van der Waals surface area contributed by atoms with Crippen LogP contribution in [0, 0.1) is 5.82 Å². The molecule has 0 spiro atoms. The van der Waals surface area contributed by atoms with Crippen molar-refractivity contribution < 1.29 is 18.8 Å². The van der Waals surface area contributed by atoms with E-state index in [4.69, 9.17) is 0 Å². The zero-order chi connectivity index (χ0) is 18.5. The van der Waals surface area contributed by atoms with Crippen molar-refractivity contribution in [1.29, 1.82) is 0 Å². The van der Waals surface area contributed by atoms with Crippen LogP contribution in [0.25, 0.3) is 0 Å². The quantitative estimate of drug-likeness (QED) is 0.805. The fourth-order valence-corrected chi connectivity index (χ4v) is 3.41. The van der Waals surface area contributed by atoms with Crippen molar-refractivity contribution in [1.82, 2.24) is 10.9 Å². The van der Waals surface area contributed by atoms with Crippen LogP contribution >= 0.6 is 11.8 Å². The van der Waals surface area contributed by atoms with Crippen molar-refractivity contribution in [3.8, 4) is 0 Å². The van der Waals surface area contributed by atoms with Crippen molar-refractivity contribution >= 4 is 35.2 Å². The highest BCUT2D eigenvalue weighted by atomic mass is 32.2. The van der Waals surface area contributed by atoms with Crippen molar-refractivity contribution in [2.75, 3.05) is 17.2 Å². The number of nitrogens with one attached hydrogen (secondary N) is 2. The van der Waals surface area contributed by atoms with Gasteiger partial charge in [0, 0.05) is 23.4 Å². The van der Waals surface area contributed by atoms with Gasteiger partial charge in [0.15, 0.2) is 0 Å². The molecular weight excluding hydrogens is 357 g/mol. The zero-order valence-electron chi connectivity index (χ0n) is 13.7. The number of thioether (sulfide) groups is 1. The Morgan fingerprint density at radius 1 is 1.08 bits per heavy atom. The van der Waals surface area contributed by atoms with Crippen LogP contribution in [0.5, 0.6) is 0 Å². The Hall–Kier alpha value is -2.87. The molecule has 0 saturated heterocycles. The van der Waals surface area contributed by atoms with E-state index >= 15 is 0 Å². The molecule has 0 aromatic heterocycles. The zero-order valence-corrected chi connectivity index (χ0v) is 14.5. The fraction of sp³-hybridized carbons (Fsp3) is 0.167. The van der Waals surface area contributed by atoms with Crippen LogP contribution in [0.15, 0.2) is 53.4 Å². The number of halogens is 1. The first kappa shape index (κ1) is 17.9. The molecule has 0 bridgehead atoms. The van der Waals surface area contributed by atoms with Crippen molar-refractivity contribution in [2.45, 2.75) is 11.3 Å². The van der Waals surface area contributed by atoms with Gasteiger partial charge in [0.05, 0.1) is 11.4 Å². The molecule has 0 aliphatic carbocycles. The number of benzene rings is 2. The third-order valence-electron chi connectivity index (χ3n) is 3.79. The maximum Gasteiger partial charge on any atom is 0.269 e. The molecule has 0 fully saturated rings. The van der Waals surface area contributed by atoms with E-state index in [1.54, 1.807) is 4.90 Å². The number of fused-ring (bicyclic) bond motifs is 1. The average Bonchev–Trinajstić information content (AvgIpc) is 2.66. The Labute approximate surface area is 153 Å². The van der Waals surface area contributed by atoms with Gasteiger partial charge in [-0.3, -0.25) is 25.2 Å². The van der Waals surface area contributed by atoms with Crippen molar-refractivity contribution in [2.24, 2.45) is 0 Å². The molecule has 134 valence electrons. The smallest absolute Gasteiger partial charge is 0.269 e. The van der Waals surface area contributed by atoms with E-state index < -0.39 is 17.6 Å². The number of hydrogen-bond donors (Lipinski definition) is 2. The Kier molecular flexibility index (Phi) is 5.52. The van der Waals surface area contributed by atoms with Gasteiger partial charge in [-0.1, -0.05) is 12.1 Å². The summed E-state index contributed by atoms with van der Waals surface area (Å²) in [6.45, 7) is 0.217. The van der Waals surface area contributed by atoms with E-state index in [1.165, 1.54) is 23.9 Å². The monoisotopic (exact) mass is 373 g/mol. The van der Waals surface area contributed by atoms with Gasteiger partial charge >= 0.3 is 0 Å². The highest BCUT2D eigenvalue weighted by molar-refractivity contribution is 8.00. The van der Waals surface area contributed by atoms with Gasteiger partial charge in [0.25, 0.3) is 5.91 Å². The molecule has 0 saturated carbocycles. The summed E-state index contributed by atoms with van der Waals surface area (Å²) in [6.07, 6.45) is 0.0361. The number of para-hydroxylation sites is 1. The van der Waals surface area contributed by atoms with E-state index in [9.17, 15) is 18.8 Å². The van der Waals surface area contributed by atoms with Crippen LogP contribution < -0.4 is 15.8 Å². The fourth-order valence-electron chi connectivity index (χ4n) is 2.47. The van der Waals surface area contributed by atoms with Crippen LogP contribution in [-0.2, 0) is 9.59 Å². The topological polar surface area (TPSA) is 78.5 Å². The molecule has 1 aliphatic rings. The first-order valence-electron chi connectivity index (χ1n) is 7.91. The lowest BCUT2D eigenvalue weighted by atomic mass is 10.2. The number of rotatable bonds is 4. The average molecular weight is 373 g/mol. The van der Waals surface area contributed by atoms with Gasteiger partial charge in [0.1, 0.15) is 5.82 Å². The predicted molar refractivity (Wildman–Crippen MR) is 96.1 cm³/mol. The highest BCUT2D eigenvalue weighted by Crippen LogP contribution is 2.34. The van der Waals surface area contributed by atoms with E-state index in [2.05, 4.69) is 10.9 Å². The molecule has 2 aromatic carbocycles. The van der Waals surface area contributed by atoms with Gasteiger partial charge in [-0.15, -0.1) is 11.8 Å². The minimum Gasteiger partial charge on any atom is -0.310 e. The maximum atomic E-state index is 12.8. The van der Waals surface area contributed by atoms with Crippen LogP contribution in [0.3, 0.4) is 0 Å². The predicted octanol–water partition coefficient (Wildman–Crippen LogP) is 2.12. The SMILES string of the molecule is O=C(CCN1C(=O)CSc2ccccc21)NNC(=O)c1ccc(F)cc1. The first-order chi connectivity index (χ1) is 12.5. The molecule has 3 rings (SSSR count). The number of carbonyl (C=O) groups is 3. The molecule has 2 N–H and O–H groups in total. The van der Waals surface area contributed by atoms with Gasteiger partial charge in [-0.25, -0.2) is 4.39 Å². The summed E-state index contributed by atoms with van der Waals surface area (Å²) in [7, 11) is 0. The largest absolute Gasteiger partial charge is 0.310 e. The van der Waals surface area contributed by atoms with E-state index in [1.807, 2.05) is 24.3 Å². The third-order valence-corrected chi connectivity index (χ3v) is 4.84.